The van der Waals surface area contributed by atoms with Gasteiger partial charge >= 0.3 is 0 Å². The Kier molecular flexibility index (Phi) is 9.98. The van der Waals surface area contributed by atoms with Gasteiger partial charge in [0.2, 0.25) is 0 Å². The molecule has 0 saturated carbocycles. The van der Waals surface area contributed by atoms with Gasteiger partial charge in [0.15, 0.2) is 6.29 Å². The lowest BCUT2D eigenvalue weighted by atomic mass is 10.1. The van der Waals surface area contributed by atoms with Crippen LogP contribution < -0.4 is 0 Å². The summed E-state index contributed by atoms with van der Waals surface area (Å²) in [5, 5.41) is 0. The van der Waals surface area contributed by atoms with E-state index in [0.717, 1.165) is 28.1 Å². The maximum Gasteiger partial charge on any atom is 0.156 e. The summed E-state index contributed by atoms with van der Waals surface area (Å²) in [7, 11) is 0. The number of allylic oxidation sites excluding steroid dienone is 2. The van der Waals surface area contributed by atoms with E-state index in [-0.39, 0.29) is 0 Å². The van der Waals surface area contributed by atoms with Crippen molar-refractivity contribution in [1.82, 2.24) is 0 Å². The lowest BCUT2D eigenvalue weighted by molar-refractivity contribution is -0.104. The van der Waals surface area contributed by atoms with Crippen LogP contribution in [0.1, 0.15) is 64.4 Å². The highest BCUT2D eigenvalue weighted by atomic mass is 32.2. The molecule has 0 fully saturated rings. The highest BCUT2D eigenvalue weighted by Gasteiger charge is 2.04. The van der Waals surface area contributed by atoms with Gasteiger partial charge in [-0.25, -0.2) is 0 Å². The summed E-state index contributed by atoms with van der Waals surface area (Å²) in [4.78, 5) is 12.2. The molecule has 0 saturated heterocycles. The zero-order valence-electron chi connectivity index (χ0n) is 13.4. The first kappa shape index (κ1) is 18.0. The number of aldehydes is 1. The second-order valence-corrected chi connectivity index (χ2v) is 6.58. The van der Waals surface area contributed by atoms with Crippen molar-refractivity contribution in [3.63, 3.8) is 0 Å². The van der Waals surface area contributed by atoms with Crippen LogP contribution in [0.25, 0.3) is 5.57 Å². The first-order valence-electron chi connectivity index (χ1n) is 8.13. The monoisotopic (exact) mass is 304 g/mol. The standard InChI is InChI=1S/C19H28OS/c1-3-4-5-6-7-8-12-15-21-19(16-20)17(2)18-13-10-9-11-14-18/h9-11,13-14,16H,3-8,12,15H2,1-2H3/b19-17+. The van der Waals surface area contributed by atoms with Crippen LogP contribution >= 0.6 is 11.8 Å². The molecule has 0 N–H and O–H groups in total. The number of hydrogen-bond donors (Lipinski definition) is 0. The summed E-state index contributed by atoms with van der Waals surface area (Å²) < 4.78 is 0. The Morgan fingerprint density at radius 3 is 2.24 bits per heavy atom. The van der Waals surface area contributed by atoms with Crippen molar-refractivity contribution < 1.29 is 4.79 Å². The molecule has 0 atom stereocenters. The zero-order valence-corrected chi connectivity index (χ0v) is 14.3. The fourth-order valence-corrected chi connectivity index (χ4v) is 3.27. The summed E-state index contributed by atoms with van der Waals surface area (Å²) in [6.45, 7) is 4.29. The van der Waals surface area contributed by atoms with Gasteiger partial charge in [-0.2, -0.15) is 0 Å². The first-order chi connectivity index (χ1) is 10.3. The molecule has 2 heteroatoms. The molecule has 1 aromatic carbocycles. The molecule has 0 radical (unpaired) electrons. The quantitative estimate of drug-likeness (QED) is 0.279. The number of hydrogen-bond acceptors (Lipinski definition) is 2. The third-order valence-electron chi connectivity index (χ3n) is 3.69. The minimum absolute atomic E-state index is 0.882. The molecular weight excluding hydrogens is 276 g/mol. The number of carbonyl (C=O) groups excluding carboxylic acids is 1. The lowest BCUT2D eigenvalue weighted by Gasteiger charge is -2.07. The Labute approximate surface area is 134 Å². The van der Waals surface area contributed by atoms with Gasteiger partial charge in [0.05, 0.1) is 4.91 Å². The van der Waals surface area contributed by atoms with Gasteiger partial charge in [-0.15, -0.1) is 11.8 Å². The molecule has 0 bridgehead atoms. The summed E-state index contributed by atoms with van der Waals surface area (Å²) >= 11 is 1.70. The van der Waals surface area contributed by atoms with Gasteiger partial charge in [-0.05, 0) is 30.2 Å². The molecule has 0 heterocycles. The zero-order chi connectivity index (χ0) is 15.3. The maximum absolute atomic E-state index is 11.3. The van der Waals surface area contributed by atoms with Crippen molar-refractivity contribution in [2.45, 2.75) is 58.8 Å². The minimum atomic E-state index is 0.882. The average molecular weight is 304 g/mol. The van der Waals surface area contributed by atoms with Crippen molar-refractivity contribution in [3.05, 3.63) is 40.8 Å². The van der Waals surface area contributed by atoms with Gasteiger partial charge < -0.3 is 0 Å². The van der Waals surface area contributed by atoms with Gasteiger partial charge in [0.1, 0.15) is 0 Å². The molecule has 0 aliphatic rings. The van der Waals surface area contributed by atoms with Crippen LogP contribution in [0.15, 0.2) is 35.2 Å². The molecule has 0 spiro atoms. The van der Waals surface area contributed by atoms with Crippen LogP contribution in [0.2, 0.25) is 0 Å². The van der Waals surface area contributed by atoms with E-state index in [1.54, 1.807) is 11.8 Å². The highest BCUT2D eigenvalue weighted by molar-refractivity contribution is 8.04. The average Bonchev–Trinajstić information content (AvgIpc) is 2.54. The predicted octanol–water partition coefficient (Wildman–Crippen LogP) is 6.10. The lowest BCUT2D eigenvalue weighted by Crippen LogP contribution is -1.90. The molecule has 0 aliphatic heterocycles. The van der Waals surface area contributed by atoms with Crippen LogP contribution in [0.3, 0.4) is 0 Å². The Morgan fingerprint density at radius 1 is 1.00 bits per heavy atom. The van der Waals surface area contributed by atoms with E-state index in [4.69, 9.17) is 0 Å². The van der Waals surface area contributed by atoms with Crippen LogP contribution in [0.4, 0.5) is 0 Å². The van der Waals surface area contributed by atoms with Crippen molar-refractivity contribution in [2.75, 3.05) is 5.75 Å². The smallest absolute Gasteiger partial charge is 0.156 e. The normalized spacial score (nSPS) is 12.1. The van der Waals surface area contributed by atoms with E-state index in [1.807, 2.05) is 25.1 Å². The van der Waals surface area contributed by atoms with Gasteiger partial charge in [-0.1, -0.05) is 75.8 Å². The molecule has 1 rings (SSSR count). The second kappa shape index (κ2) is 11.6. The first-order valence-corrected chi connectivity index (χ1v) is 9.12. The maximum atomic E-state index is 11.3. The number of carbonyl (C=O) groups is 1. The molecule has 1 nitrogen and oxygen atoms in total. The number of unbranched alkanes of at least 4 members (excludes halogenated alkanes) is 6. The van der Waals surface area contributed by atoms with Crippen LogP contribution in [0.5, 0.6) is 0 Å². The fraction of sp³-hybridized carbons (Fsp3) is 0.526. The molecule has 21 heavy (non-hydrogen) atoms. The Hall–Kier alpha value is -1.02. The van der Waals surface area contributed by atoms with E-state index in [9.17, 15) is 4.79 Å². The third kappa shape index (κ3) is 7.52. The molecule has 0 aromatic heterocycles. The topological polar surface area (TPSA) is 17.1 Å². The van der Waals surface area contributed by atoms with E-state index in [2.05, 4.69) is 19.1 Å². The summed E-state index contributed by atoms with van der Waals surface area (Å²) in [6.07, 6.45) is 10.2. The van der Waals surface area contributed by atoms with Gasteiger partial charge in [0.25, 0.3) is 0 Å². The largest absolute Gasteiger partial charge is 0.297 e. The Balaban J connectivity index is 2.30. The molecule has 116 valence electrons. The van der Waals surface area contributed by atoms with Crippen LogP contribution in [-0.2, 0) is 4.79 Å². The minimum Gasteiger partial charge on any atom is -0.297 e. The number of rotatable bonds is 11. The van der Waals surface area contributed by atoms with Crippen molar-refractivity contribution in [2.24, 2.45) is 0 Å². The molecule has 0 aliphatic carbocycles. The van der Waals surface area contributed by atoms with Crippen LogP contribution in [-0.4, -0.2) is 12.0 Å². The van der Waals surface area contributed by atoms with Gasteiger partial charge in [0, 0.05) is 0 Å². The second-order valence-electron chi connectivity index (χ2n) is 5.44. The summed E-state index contributed by atoms with van der Waals surface area (Å²) in [5.74, 6) is 1.05. The summed E-state index contributed by atoms with van der Waals surface area (Å²) in [5.41, 5.74) is 2.24. The van der Waals surface area contributed by atoms with E-state index in [0.29, 0.717) is 0 Å². The van der Waals surface area contributed by atoms with E-state index >= 15 is 0 Å². The predicted molar refractivity (Wildman–Crippen MR) is 95.6 cm³/mol. The van der Waals surface area contributed by atoms with Gasteiger partial charge in [-0.3, -0.25) is 4.79 Å². The number of benzene rings is 1. The molecule has 0 unspecified atom stereocenters. The summed E-state index contributed by atoms with van der Waals surface area (Å²) in [6, 6.07) is 10.2. The molecular formula is C19H28OS. The van der Waals surface area contributed by atoms with Crippen molar-refractivity contribution in [3.8, 4) is 0 Å². The fourth-order valence-electron chi connectivity index (χ4n) is 2.30. The van der Waals surface area contributed by atoms with Crippen molar-refractivity contribution in [1.29, 1.82) is 0 Å². The Morgan fingerprint density at radius 2 is 1.62 bits per heavy atom. The SMILES string of the molecule is CCCCCCCCCS/C(C=O)=C(\C)c1ccccc1. The van der Waals surface area contributed by atoms with Crippen LogP contribution in [0, 0.1) is 0 Å². The third-order valence-corrected chi connectivity index (χ3v) is 4.90. The Bertz CT molecular complexity index is 422. The molecule has 1 aromatic rings. The van der Waals surface area contributed by atoms with E-state index in [1.165, 1.54) is 44.9 Å². The van der Waals surface area contributed by atoms with E-state index < -0.39 is 0 Å². The number of thioether (sulfide) groups is 1. The highest BCUT2D eigenvalue weighted by Crippen LogP contribution is 2.26. The van der Waals surface area contributed by atoms with Crippen molar-refractivity contribution >= 4 is 23.6 Å². The molecule has 0 amide bonds.